The molecule has 0 spiro atoms. The van der Waals surface area contributed by atoms with Crippen LogP contribution in [0.4, 0.5) is 8.78 Å². The Kier molecular flexibility index (Phi) is 17.0. The van der Waals surface area contributed by atoms with Gasteiger partial charge >= 0.3 is 0 Å². The number of hydrogen-bond donors (Lipinski definition) is 1. The van der Waals surface area contributed by atoms with Crippen LogP contribution < -0.4 is 14.8 Å². The van der Waals surface area contributed by atoms with E-state index in [0.29, 0.717) is 0 Å². The smallest absolute Gasteiger partial charge is 0.235 e. The molecule has 0 amide bonds. The number of aliphatic imine (C=N–C) groups is 1. The summed E-state index contributed by atoms with van der Waals surface area (Å²) in [7, 11) is 1.68. The number of alkyl halides is 2. The third kappa shape index (κ3) is 15.2. The molecule has 0 aliphatic rings. The van der Waals surface area contributed by atoms with Crippen molar-refractivity contribution in [2.45, 2.75) is 85.3 Å². The minimum atomic E-state index is -2.17. The van der Waals surface area contributed by atoms with Gasteiger partial charge in [0.2, 0.25) is 6.43 Å². The Balaban J connectivity index is 0.00000187. The highest BCUT2D eigenvalue weighted by molar-refractivity contribution is 5.78. The van der Waals surface area contributed by atoms with Crippen LogP contribution in [0, 0.1) is 0 Å². The number of ether oxygens (including phenoxy) is 2. The van der Waals surface area contributed by atoms with Gasteiger partial charge in [-0.25, -0.2) is 8.78 Å². The van der Waals surface area contributed by atoms with E-state index in [-0.39, 0.29) is 5.60 Å². The minimum absolute atomic E-state index is 0.358. The number of rotatable bonds is 16. The van der Waals surface area contributed by atoms with Gasteiger partial charge < -0.3 is 14.8 Å². The predicted molar refractivity (Wildman–Crippen MR) is 166 cm³/mol. The molecule has 220 valence electrons. The fraction of sp³-hybridized carbons (Fsp3) is 0.441. The molecular formula is C34H48F2N2O2. The van der Waals surface area contributed by atoms with Crippen LogP contribution in [-0.4, -0.2) is 31.9 Å². The highest BCUT2D eigenvalue weighted by Gasteiger charge is 2.23. The van der Waals surface area contributed by atoms with Crippen LogP contribution in [0.25, 0.3) is 0 Å². The van der Waals surface area contributed by atoms with E-state index >= 15 is 0 Å². The maximum absolute atomic E-state index is 10.3. The Morgan fingerprint density at radius 2 is 1.55 bits per heavy atom. The molecule has 0 saturated heterocycles. The van der Waals surface area contributed by atoms with Gasteiger partial charge in [0, 0.05) is 19.3 Å². The van der Waals surface area contributed by atoms with Crippen molar-refractivity contribution in [3.63, 3.8) is 0 Å². The van der Waals surface area contributed by atoms with Crippen molar-refractivity contribution in [2.75, 3.05) is 13.7 Å². The van der Waals surface area contributed by atoms with Crippen LogP contribution in [0.2, 0.25) is 0 Å². The summed E-state index contributed by atoms with van der Waals surface area (Å²) in [5.74, 6) is 1.75. The molecule has 0 aromatic heterocycles. The summed E-state index contributed by atoms with van der Waals surface area (Å²) in [6.45, 7) is 15.1. The Hall–Kier alpha value is -3.41. The molecule has 2 rings (SSSR count). The van der Waals surface area contributed by atoms with Gasteiger partial charge in [-0.2, -0.15) is 0 Å². The number of nitrogens with zero attached hydrogens (tertiary/aromatic N) is 1. The summed E-state index contributed by atoms with van der Waals surface area (Å²) in [6, 6.07) is 16.4. The molecule has 0 saturated carbocycles. The number of nitrogens with one attached hydrogen (secondary N) is 1. The lowest BCUT2D eigenvalue weighted by Gasteiger charge is -2.29. The molecule has 2 aromatic rings. The minimum Gasteiger partial charge on any atom is -0.497 e. The van der Waals surface area contributed by atoms with Gasteiger partial charge in [-0.05, 0) is 98.8 Å². The van der Waals surface area contributed by atoms with Crippen molar-refractivity contribution in [3.05, 3.63) is 95.7 Å². The Morgan fingerprint density at radius 1 is 0.975 bits per heavy atom. The van der Waals surface area contributed by atoms with E-state index in [0.717, 1.165) is 69.2 Å². The third-order valence-electron chi connectivity index (χ3n) is 6.01. The van der Waals surface area contributed by atoms with Gasteiger partial charge in [-0.3, -0.25) is 4.99 Å². The second-order valence-corrected chi connectivity index (χ2v) is 9.99. The van der Waals surface area contributed by atoms with Crippen LogP contribution in [0.5, 0.6) is 11.5 Å². The molecule has 0 unspecified atom stereocenters. The van der Waals surface area contributed by atoms with Crippen molar-refractivity contribution in [3.8, 4) is 11.5 Å². The van der Waals surface area contributed by atoms with Crippen LogP contribution in [0.3, 0.4) is 0 Å². The van der Waals surface area contributed by atoms with E-state index in [4.69, 9.17) is 9.47 Å². The third-order valence-corrected chi connectivity index (χ3v) is 6.01. The van der Waals surface area contributed by atoms with E-state index in [1.165, 1.54) is 16.7 Å². The average Bonchev–Trinajstić information content (AvgIpc) is 2.91. The second-order valence-electron chi connectivity index (χ2n) is 9.99. The molecule has 2 aromatic carbocycles. The first-order valence-electron chi connectivity index (χ1n) is 14.1. The fourth-order valence-corrected chi connectivity index (χ4v) is 3.71. The lowest BCUT2D eigenvalue weighted by Crippen LogP contribution is -2.30. The molecule has 0 radical (unpaired) electrons. The molecule has 6 heteroatoms. The van der Waals surface area contributed by atoms with Gasteiger partial charge in [0.1, 0.15) is 17.1 Å². The number of benzene rings is 2. The van der Waals surface area contributed by atoms with Gasteiger partial charge in [-0.15, -0.1) is 0 Å². The van der Waals surface area contributed by atoms with Crippen molar-refractivity contribution in [1.29, 1.82) is 0 Å². The highest BCUT2D eigenvalue weighted by Crippen LogP contribution is 2.26. The summed E-state index contributed by atoms with van der Waals surface area (Å²) >= 11 is 0. The quantitative estimate of drug-likeness (QED) is 0.128. The monoisotopic (exact) mass is 554 g/mol. The maximum atomic E-state index is 10.3. The van der Waals surface area contributed by atoms with Crippen molar-refractivity contribution < 1.29 is 18.3 Å². The first kappa shape index (κ1) is 34.6. The Bertz CT molecular complexity index is 1050. The predicted octanol–water partition coefficient (Wildman–Crippen LogP) is 9.12. The molecular weight excluding hydrogens is 506 g/mol. The second kappa shape index (κ2) is 19.6. The summed E-state index contributed by atoms with van der Waals surface area (Å²) in [5.41, 5.74) is 4.47. The number of allylic oxidation sites excluding steroid dienone is 3. The number of halogens is 2. The van der Waals surface area contributed by atoms with Gasteiger partial charge in [0.25, 0.3) is 0 Å². The van der Waals surface area contributed by atoms with E-state index in [1.807, 2.05) is 36.7 Å². The summed E-state index contributed by atoms with van der Waals surface area (Å²) in [4.78, 5) is 4.67. The topological polar surface area (TPSA) is 42.8 Å². The molecule has 0 bridgehead atoms. The van der Waals surface area contributed by atoms with Gasteiger partial charge in [-0.1, -0.05) is 63.6 Å². The van der Waals surface area contributed by atoms with Crippen LogP contribution >= 0.6 is 0 Å². The SMILES string of the molecule is C=C(CCC)C(C)(C)Oc1ccc(CCN=C/C(=C\C=C\NCc2ccc(OC)cc2)CCC)cc1.CC(F)F. The summed E-state index contributed by atoms with van der Waals surface area (Å²) < 4.78 is 32.1. The van der Waals surface area contributed by atoms with Gasteiger partial charge in [0.15, 0.2) is 0 Å². The Morgan fingerprint density at radius 3 is 2.12 bits per heavy atom. The first-order chi connectivity index (χ1) is 19.1. The zero-order chi connectivity index (χ0) is 29.8. The maximum Gasteiger partial charge on any atom is 0.235 e. The number of methoxy groups -OCH3 is 1. The normalized spacial score (nSPS) is 12.0. The fourth-order valence-electron chi connectivity index (χ4n) is 3.71. The molecule has 40 heavy (non-hydrogen) atoms. The Labute approximate surface area is 240 Å². The van der Waals surface area contributed by atoms with Crippen molar-refractivity contribution in [1.82, 2.24) is 5.32 Å². The van der Waals surface area contributed by atoms with E-state index in [9.17, 15) is 8.78 Å². The van der Waals surface area contributed by atoms with E-state index in [2.05, 4.69) is 81.0 Å². The van der Waals surface area contributed by atoms with Crippen molar-refractivity contribution in [2.24, 2.45) is 4.99 Å². The molecule has 0 heterocycles. The highest BCUT2D eigenvalue weighted by atomic mass is 19.3. The number of hydrogen-bond acceptors (Lipinski definition) is 4. The average molecular weight is 555 g/mol. The zero-order valence-corrected chi connectivity index (χ0v) is 25.2. The van der Waals surface area contributed by atoms with Gasteiger partial charge in [0.05, 0.1) is 7.11 Å². The molecule has 1 N–H and O–H groups in total. The largest absolute Gasteiger partial charge is 0.497 e. The lowest BCUT2D eigenvalue weighted by molar-refractivity contribution is 0.145. The summed E-state index contributed by atoms with van der Waals surface area (Å²) in [6.07, 6.45) is 11.1. The molecule has 0 aliphatic carbocycles. The molecule has 0 fully saturated rings. The van der Waals surface area contributed by atoms with E-state index < -0.39 is 6.43 Å². The molecule has 4 nitrogen and oxygen atoms in total. The van der Waals surface area contributed by atoms with E-state index in [1.54, 1.807) is 7.11 Å². The van der Waals surface area contributed by atoms with Crippen LogP contribution in [0.1, 0.15) is 71.4 Å². The lowest BCUT2D eigenvalue weighted by atomic mass is 9.95. The molecule has 0 atom stereocenters. The van der Waals surface area contributed by atoms with Crippen LogP contribution in [-0.2, 0) is 13.0 Å². The van der Waals surface area contributed by atoms with Crippen LogP contribution in [0.15, 0.2) is 89.6 Å². The first-order valence-corrected chi connectivity index (χ1v) is 14.1. The molecule has 0 aliphatic heterocycles. The zero-order valence-electron chi connectivity index (χ0n) is 25.2. The standard InChI is InChI=1S/C32H44N2O2.C2H4F2/c1-7-10-26(3)32(4,5)36-31-19-13-27(14-20-31)21-23-34-24-28(11-8-2)12-9-22-33-25-29-15-17-30(35-6)18-16-29;1-2(3)4/h9,12-20,22,24,33H,3,7-8,10-11,21,23,25H2,1-2,4-6H3;2H,1H3/b22-9+,28-12-,34-24?;. The summed E-state index contributed by atoms with van der Waals surface area (Å²) in [5, 5.41) is 3.33. The van der Waals surface area contributed by atoms with Crippen molar-refractivity contribution >= 4 is 6.21 Å².